The normalized spacial score (nSPS) is 10.1. The van der Waals surface area contributed by atoms with Crippen LogP contribution in [0.2, 0.25) is 0 Å². The van der Waals surface area contributed by atoms with Crippen LogP contribution in [0.25, 0.3) is 0 Å². The molecule has 2 heterocycles. The fourth-order valence-corrected chi connectivity index (χ4v) is 1.75. The van der Waals surface area contributed by atoms with Crippen molar-refractivity contribution >= 4 is 11.6 Å². The van der Waals surface area contributed by atoms with E-state index >= 15 is 0 Å². The van der Waals surface area contributed by atoms with Gasteiger partial charge in [0.05, 0.1) is 7.11 Å². The van der Waals surface area contributed by atoms with Crippen molar-refractivity contribution < 1.29 is 4.74 Å². The number of aromatic nitrogens is 3. The zero-order valence-corrected chi connectivity index (χ0v) is 11.3. The topological polar surface area (TPSA) is 72.0 Å². The highest BCUT2D eigenvalue weighted by atomic mass is 16.5. The number of hydrogen-bond donors (Lipinski definition) is 2. The van der Waals surface area contributed by atoms with Crippen molar-refractivity contribution in [1.29, 1.82) is 0 Å². The van der Waals surface area contributed by atoms with Crippen molar-refractivity contribution in [3.05, 3.63) is 35.9 Å². The Hall–Kier alpha value is -2.37. The van der Waals surface area contributed by atoms with Crippen LogP contribution in [0.1, 0.15) is 11.1 Å². The number of anilines is 2. The van der Waals surface area contributed by atoms with Crippen LogP contribution in [0.5, 0.6) is 5.75 Å². The van der Waals surface area contributed by atoms with Gasteiger partial charge in [-0.2, -0.15) is 0 Å². The van der Waals surface area contributed by atoms with Crippen LogP contribution in [0, 0.1) is 6.92 Å². The summed E-state index contributed by atoms with van der Waals surface area (Å²) in [6.45, 7) is 2.69. The summed E-state index contributed by atoms with van der Waals surface area (Å²) < 4.78 is 5.32. The maximum atomic E-state index is 5.32. The number of nitrogens with zero attached hydrogens (tertiary/aromatic N) is 3. The lowest BCUT2D eigenvalue weighted by Crippen LogP contribution is -2.07. The van der Waals surface area contributed by atoms with Crippen LogP contribution in [0.15, 0.2) is 24.8 Å². The fourth-order valence-electron chi connectivity index (χ4n) is 1.75. The summed E-state index contributed by atoms with van der Waals surface area (Å²) in [5.41, 5.74) is 2.30. The maximum absolute atomic E-state index is 5.32. The lowest BCUT2D eigenvalue weighted by atomic mass is 10.1. The predicted octanol–water partition coefficient (Wildman–Crippen LogP) is 1.84. The molecule has 6 heteroatoms. The molecule has 6 nitrogen and oxygen atoms in total. The predicted molar refractivity (Wildman–Crippen MR) is 74.4 cm³/mol. The van der Waals surface area contributed by atoms with E-state index < -0.39 is 0 Å². The molecule has 0 amide bonds. The Kier molecular flexibility index (Phi) is 4.12. The third-order valence-corrected chi connectivity index (χ3v) is 2.83. The van der Waals surface area contributed by atoms with E-state index in [4.69, 9.17) is 4.74 Å². The summed E-state index contributed by atoms with van der Waals surface area (Å²) in [7, 11) is 3.39. The van der Waals surface area contributed by atoms with Crippen LogP contribution < -0.4 is 15.4 Å². The van der Waals surface area contributed by atoms with Crippen molar-refractivity contribution in [2.45, 2.75) is 13.5 Å². The summed E-state index contributed by atoms with van der Waals surface area (Å²) in [5, 5.41) is 6.22. The number of aryl methyl sites for hydroxylation is 1. The van der Waals surface area contributed by atoms with Crippen LogP contribution in [0.4, 0.5) is 11.6 Å². The maximum Gasteiger partial charge on any atom is 0.204 e. The van der Waals surface area contributed by atoms with Crippen molar-refractivity contribution in [3.63, 3.8) is 0 Å². The lowest BCUT2D eigenvalue weighted by molar-refractivity contribution is 0.415. The minimum Gasteiger partial charge on any atom is -0.490 e. The molecule has 2 aromatic rings. The van der Waals surface area contributed by atoms with Gasteiger partial charge in [0.15, 0.2) is 11.6 Å². The third-order valence-electron chi connectivity index (χ3n) is 2.83. The van der Waals surface area contributed by atoms with E-state index in [1.807, 2.05) is 19.2 Å². The molecule has 0 atom stereocenters. The van der Waals surface area contributed by atoms with E-state index in [0.717, 1.165) is 5.56 Å². The van der Waals surface area contributed by atoms with Gasteiger partial charge in [0.2, 0.25) is 5.75 Å². The van der Waals surface area contributed by atoms with Crippen LogP contribution >= 0.6 is 0 Å². The first kappa shape index (κ1) is 13.1. The summed E-state index contributed by atoms with van der Waals surface area (Å²) in [4.78, 5) is 12.4. The van der Waals surface area contributed by atoms with E-state index in [2.05, 4.69) is 25.6 Å². The number of rotatable bonds is 5. The van der Waals surface area contributed by atoms with Gasteiger partial charge in [-0.3, -0.25) is 4.98 Å². The van der Waals surface area contributed by atoms with Gasteiger partial charge in [0.1, 0.15) is 6.33 Å². The summed E-state index contributed by atoms with van der Waals surface area (Å²) in [6.07, 6.45) is 5.11. The lowest BCUT2D eigenvalue weighted by Gasteiger charge is -2.13. The number of pyridine rings is 1. The minimum absolute atomic E-state index is 0.608. The van der Waals surface area contributed by atoms with Gasteiger partial charge in [-0.05, 0) is 24.1 Å². The molecule has 0 saturated heterocycles. The molecule has 0 bridgehead atoms. The Morgan fingerprint density at radius 3 is 2.74 bits per heavy atom. The second kappa shape index (κ2) is 5.99. The van der Waals surface area contributed by atoms with Gasteiger partial charge >= 0.3 is 0 Å². The highest BCUT2D eigenvalue weighted by molar-refractivity contribution is 5.63. The molecular formula is C13H17N5O. The first-order chi connectivity index (χ1) is 9.26. The van der Waals surface area contributed by atoms with Gasteiger partial charge in [0, 0.05) is 26.0 Å². The van der Waals surface area contributed by atoms with Crippen molar-refractivity contribution in [3.8, 4) is 5.75 Å². The van der Waals surface area contributed by atoms with Gasteiger partial charge < -0.3 is 15.4 Å². The summed E-state index contributed by atoms with van der Waals surface area (Å²) in [5.74, 6) is 1.93. The first-order valence-electron chi connectivity index (χ1n) is 5.96. The van der Waals surface area contributed by atoms with E-state index in [0.29, 0.717) is 23.9 Å². The van der Waals surface area contributed by atoms with Gasteiger partial charge in [0.25, 0.3) is 0 Å². The first-order valence-corrected chi connectivity index (χ1v) is 5.96. The molecule has 0 saturated carbocycles. The average Bonchev–Trinajstić information content (AvgIpc) is 2.45. The van der Waals surface area contributed by atoms with Crippen LogP contribution in [-0.4, -0.2) is 29.1 Å². The van der Waals surface area contributed by atoms with Gasteiger partial charge in [-0.25, -0.2) is 9.97 Å². The molecule has 100 valence electrons. The Morgan fingerprint density at radius 1 is 1.26 bits per heavy atom. The van der Waals surface area contributed by atoms with Gasteiger partial charge in [-0.15, -0.1) is 0 Å². The molecule has 0 fully saturated rings. The van der Waals surface area contributed by atoms with E-state index in [1.54, 1.807) is 20.4 Å². The van der Waals surface area contributed by atoms with Gasteiger partial charge in [-0.1, -0.05) is 0 Å². The summed E-state index contributed by atoms with van der Waals surface area (Å²) in [6, 6.07) is 1.98. The molecule has 0 aliphatic heterocycles. The molecule has 0 aliphatic carbocycles. The van der Waals surface area contributed by atoms with Crippen molar-refractivity contribution in [2.24, 2.45) is 0 Å². The third kappa shape index (κ3) is 2.90. The van der Waals surface area contributed by atoms with Crippen molar-refractivity contribution in [2.75, 3.05) is 24.8 Å². The Bertz CT molecular complexity index is 558. The average molecular weight is 259 g/mol. The molecule has 0 spiro atoms. The SMILES string of the molecule is CNc1ncnc(NCc2ccncc2C)c1OC. The summed E-state index contributed by atoms with van der Waals surface area (Å²) >= 11 is 0. The van der Waals surface area contributed by atoms with E-state index in [-0.39, 0.29) is 0 Å². The zero-order chi connectivity index (χ0) is 13.7. The monoisotopic (exact) mass is 259 g/mol. The quantitative estimate of drug-likeness (QED) is 0.853. The highest BCUT2D eigenvalue weighted by Crippen LogP contribution is 2.28. The number of nitrogens with one attached hydrogen (secondary N) is 2. The Morgan fingerprint density at radius 2 is 2.05 bits per heavy atom. The van der Waals surface area contributed by atoms with E-state index in [9.17, 15) is 0 Å². The standard InChI is InChI=1S/C13H17N5O/c1-9-6-15-5-4-10(9)7-16-13-11(19-3)12(14-2)17-8-18-13/h4-6,8H,7H2,1-3H3,(H2,14,16,17,18). The second-order valence-electron chi connectivity index (χ2n) is 4.01. The molecule has 0 unspecified atom stereocenters. The van der Waals surface area contributed by atoms with E-state index in [1.165, 1.54) is 11.9 Å². The fraction of sp³-hybridized carbons (Fsp3) is 0.308. The Labute approximate surface area is 112 Å². The molecule has 0 aliphatic rings. The van der Waals surface area contributed by atoms with Crippen LogP contribution in [-0.2, 0) is 6.54 Å². The molecule has 2 N–H and O–H groups in total. The highest BCUT2D eigenvalue weighted by Gasteiger charge is 2.10. The number of ether oxygens (including phenoxy) is 1. The smallest absolute Gasteiger partial charge is 0.204 e. The molecule has 19 heavy (non-hydrogen) atoms. The molecule has 0 radical (unpaired) electrons. The zero-order valence-electron chi connectivity index (χ0n) is 11.3. The van der Waals surface area contributed by atoms with Crippen LogP contribution in [0.3, 0.4) is 0 Å². The molecule has 2 rings (SSSR count). The number of hydrogen-bond acceptors (Lipinski definition) is 6. The molecule has 0 aromatic carbocycles. The Balaban J connectivity index is 2.18. The minimum atomic E-state index is 0.608. The molecular weight excluding hydrogens is 242 g/mol. The number of methoxy groups -OCH3 is 1. The molecule has 2 aromatic heterocycles. The second-order valence-corrected chi connectivity index (χ2v) is 4.01. The van der Waals surface area contributed by atoms with Crippen molar-refractivity contribution in [1.82, 2.24) is 15.0 Å². The largest absolute Gasteiger partial charge is 0.490 e.